The minimum absolute atomic E-state index is 0.204. The van der Waals surface area contributed by atoms with E-state index in [9.17, 15) is 0 Å². The summed E-state index contributed by atoms with van der Waals surface area (Å²) in [5.41, 5.74) is 1.12. The third kappa shape index (κ3) is 3.82. The zero-order valence-electron chi connectivity index (χ0n) is 10.0. The summed E-state index contributed by atoms with van der Waals surface area (Å²) in [4.78, 5) is 0. The average molecular weight is 230 g/mol. The zero-order chi connectivity index (χ0) is 11.5. The second-order valence-electron chi connectivity index (χ2n) is 5.14. The maximum absolute atomic E-state index is 6.20. The Morgan fingerprint density at radius 2 is 2.00 bits per heavy atom. The first kappa shape index (κ1) is 12.5. The SMILES string of the molecule is CCCCn1nnc(CC(C)(C)C)c1Cl. The van der Waals surface area contributed by atoms with Crippen LogP contribution >= 0.6 is 11.6 Å². The minimum atomic E-state index is 0.204. The first-order chi connectivity index (χ1) is 6.94. The molecule has 0 unspecified atom stereocenters. The summed E-state index contributed by atoms with van der Waals surface area (Å²) in [5, 5.41) is 8.91. The highest BCUT2D eigenvalue weighted by Crippen LogP contribution is 2.24. The smallest absolute Gasteiger partial charge is 0.150 e. The highest BCUT2D eigenvalue weighted by Gasteiger charge is 2.18. The van der Waals surface area contributed by atoms with Gasteiger partial charge in [-0.25, -0.2) is 4.68 Å². The summed E-state index contributed by atoms with van der Waals surface area (Å²) in [7, 11) is 0. The van der Waals surface area contributed by atoms with Crippen LogP contribution < -0.4 is 0 Å². The molecular formula is C11H20ClN3. The van der Waals surface area contributed by atoms with Crippen LogP contribution in [0.5, 0.6) is 0 Å². The molecule has 0 aliphatic rings. The van der Waals surface area contributed by atoms with Crippen LogP contribution in [0.3, 0.4) is 0 Å². The molecule has 4 heteroatoms. The van der Waals surface area contributed by atoms with Gasteiger partial charge < -0.3 is 0 Å². The van der Waals surface area contributed by atoms with E-state index >= 15 is 0 Å². The lowest BCUT2D eigenvalue weighted by molar-refractivity contribution is 0.406. The van der Waals surface area contributed by atoms with E-state index in [2.05, 4.69) is 38.0 Å². The molecule has 0 fully saturated rings. The number of aromatic nitrogens is 3. The third-order valence-electron chi connectivity index (χ3n) is 2.16. The Balaban J connectivity index is 2.71. The Labute approximate surface area is 96.8 Å². The van der Waals surface area contributed by atoms with Crippen molar-refractivity contribution in [1.29, 1.82) is 0 Å². The summed E-state index contributed by atoms with van der Waals surface area (Å²) in [6, 6.07) is 0. The number of aryl methyl sites for hydroxylation is 1. The predicted octanol–water partition coefficient (Wildman–Crippen LogP) is 3.32. The number of nitrogens with zero attached hydrogens (tertiary/aromatic N) is 3. The lowest BCUT2D eigenvalue weighted by atomic mass is 9.91. The monoisotopic (exact) mass is 229 g/mol. The number of unbranched alkanes of at least 4 members (excludes halogenated alkanes) is 1. The molecule has 1 aromatic rings. The Hall–Kier alpha value is -0.570. The molecule has 0 aliphatic heterocycles. The second kappa shape index (κ2) is 4.97. The molecule has 0 amide bonds. The van der Waals surface area contributed by atoms with Crippen molar-refractivity contribution in [2.45, 2.75) is 53.5 Å². The van der Waals surface area contributed by atoms with Crippen molar-refractivity contribution in [3.05, 3.63) is 10.8 Å². The fraction of sp³-hybridized carbons (Fsp3) is 0.818. The molecule has 0 aliphatic carbocycles. The van der Waals surface area contributed by atoms with Crippen LogP contribution in [0, 0.1) is 5.41 Å². The number of rotatable bonds is 4. The molecule has 3 nitrogen and oxygen atoms in total. The molecule has 86 valence electrons. The van der Waals surface area contributed by atoms with Gasteiger partial charge in [-0.05, 0) is 18.3 Å². The van der Waals surface area contributed by atoms with Crippen molar-refractivity contribution in [3.63, 3.8) is 0 Å². The fourth-order valence-corrected chi connectivity index (χ4v) is 1.62. The van der Waals surface area contributed by atoms with Crippen molar-refractivity contribution in [2.75, 3.05) is 0 Å². The van der Waals surface area contributed by atoms with Gasteiger partial charge in [0.15, 0.2) is 5.15 Å². The molecule has 15 heavy (non-hydrogen) atoms. The Kier molecular flexibility index (Phi) is 4.14. The van der Waals surface area contributed by atoms with E-state index in [0.29, 0.717) is 5.15 Å². The summed E-state index contributed by atoms with van der Waals surface area (Å²) >= 11 is 6.20. The van der Waals surface area contributed by atoms with Gasteiger partial charge in [0, 0.05) is 6.54 Å². The highest BCUT2D eigenvalue weighted by atomic mass is 35.5. The lowest BCUT2D eigenvalue weighted by Gasteiger charge is -2.15. The van der Waals surface area contributed by atoms with Crippen LogP contribution in [0.4, 0.5) is 0 Å². The zero-order valence-corrected chi connectivity index (χ0v) is 10.8. The van der Waals surface area contributed by atoms with E-state index < -0.39 is 0 Å². The van der Waals surface area contributed by atoms with E-state index in [0.717, 1.165) is 31.5 Å². The molecule has 0 aromatic carbocycles. The Morgan fingerprint density at radius 3 is 2.53 bits per heavy atom. The maximum atomic E-state index is 6.20. The quantitative estimate of drug-likeness (QED) is 0.793. The van der Waals surface area contributed by atoms with Crippen molar-refractivity contribution in [3.8, 4) is 0 Å². The van der Waals surface area contributed by atoms with E-state index in [1.54, 1.807) is 4.68 Å². The van der Waals surface area contributed by atoms with Gasteiger partial charge in [-0.1, -0.05) is 50.9 Å². The van der Waals surface area contributed by atoms with Crippen LogP contribution in [0.1, 0.15) is 46.2 Å². The first-order valence-electron chi connectivity index (χ1n) is 5.52. The van der Waals surface area contributed by atoms with Gasteiger partial charge in [-0.3, -0.25) is 0 Å². The Morgan fingerprint density at radius 1 is 1.33 bits per heavy atom. The first-order valence-corrected chi connectivity index (χ1v) is 5.89. The maximum Gasteiger partial charge on any atom is 0.150 e. The summed E-state index contributed by atoms with van der Waals surface area (Å²) in [5.74, 6) is 0. The lowest BCUT2D eigenvalue weighted by Crippen LogP contribution is -2.10. The van der Waals surface area contributed by atoms with Crippen LogP contribution in [0.2, 0.25) is 5.15 Å². The van der Waals surface area contributed by atoms with E-state index in [-0.39, 0.29) is 5.41 Å². The van der Waals surface area contributed by atoms with E-state index in [4.69, 9.17) is 11.6 Å². The van der Waals surface area contributed by atoms with Gasteiger partial charge in [0.2, 0.25) is 0 Å². The highest BCUT2D eigenvalue weighted by molar-refractivity contribution is 6.30. The van der Waals surface area contributed by atoms with Crippen LogP contribution in [0.25, 0.3) is 0 Å². The van der Waals surface area contributed by atoms with Gasteiger partial charge in [0.05, 0.1) is 0 Å². The molecule has 0 spiro atoms. The minimum Gasteiger partial charge on any atom is -0.234 e. The second-order valence-corrected chi connectivity index (χ2v) is 5.50. The van der Waals surface area contributed by atoms with Crippen molar-refractivity contribution < 1.29 is 0 Å². The van der Waals surface area contributed by atoms with Gasteiger partial charge in [-0.2, -0.15) is 0 Å². The molecular weight excluding hydrogens is 210 g/mol. The summed E-state index contributed by atoms with van der Waals surface area (Å²) < 4.78 is 1.80. The molecule has 0 saturated carbocycles. The van der Waals surface area contributed by atoms with Crippen molar-refractivity contribution >= 4 is 11.6 Å². The van der Waals surface area contributed by atoms with E-state index in [1.807, 2.05) is 0 Å². The summed E-state index contributed by atoms with van der Waals surface area (Å²) in [6.07, 6.45) is 3.11. The van der Waals surface area contributed by atoms with Crippen LogP contribution in [-0.4, -0.2) is 15.0 Å². The Bertz CT molecular complexity index is 312. The molecule has 0 bridgehead atoms. The molecule has 1 rings (SSSR count). The molecule has 0 radical (unpaired) electrons. The topological polar surface area (TPSA) is 30.7 Å². The number of hydrogen-bond donors (Lipinski definition) is 0. The van der Waals surface area contributed by atoms with Crippen molar-refractivity contribution in [2.24, 2.45) is 5.41 Å². The third-order valence-corrected chi connectivity index (χ3v) is 2.57. The molecule has 1 heterocycles. The van der Waals surface area contributed by atoms with Gasteiger partial charge in [0.1, 0.15) is 5.69 Å². The molecule has 0 saturated heterocycles. The standard InChI is InChI=1S/C11H20ClN3/c1-5-6-7-15-10(12)9(13-14-15)8-11(2,3)4/h5-8H2,1-4H3. The van der Waals surface area contributed by atoms with Crippen LogP contribution in [0.15, 0.2) is 0 Å². The largest absolute Gasteiger partial charge is 0.234 e. The van der Waals surface area contributed by atoms with Gasteiger partial charge in [0.25, 0.3) is 0 Å². The predicted molar refractivity (Wildman–Crippen MR) is 63.1 cm³/mol. The normalized spacial score (nSPS) is 12.1. The van der Waals surface area contributed by atoms with Crippen LogP contribution in [-0.2, 0) is 13.0 Å². The molecule has 0 atom stereocenters. The number of halogens is 1. The summed E-state index contributed by atoms with van der Waals surface area (Å²) in [6.45, 7) is 9.55. The fourth-order valence-electron chi connectivity index (χ4n) is 1.40. The van der Waals surface area contributed by atoms with Gasteiger partial charge in [-0.15, -0.1) is 5.10 Å². The number of hydrogen-bond acceptors (Lipinski definition) is 2. The average Bonchev–Trinajstić information content (AvgIpc) is 2.43. The molecule has 1 aromatic heterocycles. The molecule has 0 N–H and O–H groups in total. The van der Waals surface area contributed by atoms with Crippen molar-refractivity contribution in [1.82, 2.24) is 15.0 Å². The van der Waals surface area contributed by atoms with E-state index in [1.165, 1.54) is 0 Å². The van der Waals surface area contributed by atoms with Gasteiger partial charge >= 0.3 is 0 Å².